The van der Waals surface area contributed by atoms with E-state index < -0.39 is 11.8 Å². The Morgan fingerprint density at radius 3 is 2.59 bits per heavy atom. The first-order valence-corrected chi connectivity index (χ1v) is 8.91. The molecule has 3 rings (SSSR count). The van der Waals surface area contributed by atoms with E-state index in [0.29, 0.717) is 42.9 Å². The first-order chi connectivity index (χ1) is 13.0. The summed E-state index contributed by atoms with van der Waals surface area (Å²) in [4.78, 5) is 27.6. The zero-order valence-corrected chi connectivity index (χ0v) is 14.7. The van der Waals surface area contributed by atoms with Crippen molar-refractivity contribution in [2.75, 3.05) is 0 Å². The molecule has 2 N–H and O–H groups in total. The van der Waals surface area contributed by atoms with Gasteiger partial charge in [-0.2, -0.15) is 0 Å². The van der Waals surface area contributed by atoms with Crippen LogP contribution in [0.5, 0.6) is 11.6 Å². The molecule has 7 heteroatoms. The summed E-state index contributed by atoms with van der Waals surface area (Å²) >= 11 is 0. The Morgan fingerprint density at radius 1 is 1.15 bits per heavy atom. The van der Waals surface area contributed by atoms with Crippen LogP contribution >= 0.6 is 0 Å². The molecule has 1 aromatic heterocycles. The number of halogens is 1. The molecule has 0 aliphatic heterocycles. The first-order valence-electron chi connectivity index (χ1n) is 8.91. The molecule has 0 bridgehead atoms. The summed E-state index contributed by atoms with van der Waals surface area (Å²) in [5, 5.41) is 11.9. The first kappa shape index (κ1) is 18.8. The number of rotatable bonds is 6. The van der Waals surface area contributed by atoms with E-state index in [0.717, 1.165) is 0 Å². The highest BCUT2D eigenvalue weighted by Crippen LogP contribution is 2.29. The van der Waals surface area contributed by atoms with Crippen LogP contribution < -0.4 is 10.1 Å². The number of carboxylic acid groups (broad SMARTS) is 1. The molecule has 1 saturated carbocycles. The summed E-state index contributed by atoms with van der Waals surface area (Å²) in [5.41, 5.74) is 0.675. The summed E-state index contributed by atoms with van der Waals surface area (Å²) < 4.78 is 19.0. The maximum atomic E-state index is 13.3. The molecule has 0 unspecified atom stereocenters. The Labute approximate surface area is 156 Å². The Hall–Kier alpha value is -2.96. The van der Waals surface area contributed by atoms with Gasteiger partial charge in [0.05, 0.1) is 5.92 Å². The molecule has 6 nitrogen and oxygen atoms in total. The molecule has 1 heterocycles. The second-order valence-electron chi connectivity index (χ2n) is 6.63. The van der Waals surface area contributed by atoms with Gasteiger partial charge in [-0.1, -0.05) is 12.1 Å². The highest BCUT2D eigenvalue weighted by molar-refractivity contribution is 5.79. The third-order valence-electron chi connectivity index (χ3n) is 4.76. The number of carboxylic acids is 1. The number of amides is 1. The van der Waals surface area contributed by atoms with Gasteiger partial charge in [-0.05, 0) is 43.9 Å². The quantitative estimate of drug-likeness (QED) is 0.810. The molecule has 27 heavy (non-hydrogen) atoms. The molecule has 1 aliphatic rings. The molecule has 2 aromatic rings. The van der Waals surface area contributed by atoms with Gasteiger partial charge in [0, 0.05) is 30.3 Å². The Kier molecular flexibility index (Phi) is 6.01. The van der Waals surface area contributed by atoms with E-state index in [2.05, 4.69) is 10.3 Å². The summed E-state index contributed by atoms with van der Waals surface area (Å²) in [7, 11) is 0. The number of benzene rings is 1. The van der Waals surface area contributed by atoms with Crippen LogP contribution in [0.15, 0.2) is 42.6 Å². The number of hydrogen-bond donors (Lipinski definition) is 2. The van der Waals surface area contributed by atoms with Gasteiger partial charge in [0.2, 0.25) is 11.8 Å². The lowest BCUT2D eigenvalue weighted by Gasteiger charge is -2.25. The van der Waals surface area contributed by atoms with E-state index in [9.17, 15) is 14.0 Å². The minimum absolute atomic E-state index is 0.0978. The third kappa shape index (κ3) is 5.03. The fraction of sp³-hybridized carbons (Fsp3) is 0.350. The lowest BCUT2D eigenvalue weighted by molar-refractivity contribution is -0.144. The third-order valence-corrected chi connectivity index (χ3v) is 4.76. The minimum Gasteiger partial charge on any atom is -0.481 e. The predicted octanol–water partition coefficient (Wildman–Crippen LogP) is 3.52. The van der Waals surface area contributed by atoms with E-state index in [1.54, 1.807) is 30.5 Å². The van der Waals surface area contributed by atoms with Crippen LogP contribution in [0.2, 0.25) is 0 Å². The van der Waals surface area contributed by atoms with E-state index in [4.69, 9.17) is 9.84 Å². The van der Waals surface area contributed by atoms with E-state index >= 15 is 0 Å². The molecule has 1 aromatic carbocycles. The van der Waals surface area contributed by atoms with Crippen molar-refractivity contribution in [3.8, 4) is 11.6 Å². The molecular formula is C20H21FN2O4. The molecule has 0 spiro atoms. The lowest BCUT2D eigenvalue weighted by atomic mass is 9.81. The van der Waals surface area contributed by atoms with Crippen molar-refractivity contribution >= 4 is 11.9 Å². The van der Waals surface area contributed by atoms with Gasteiger partial charge in [-0.3, -0.25) is 9.59 Å². The van der Waals surface area contributed by atoms with Gasteiger partial charge in [0.15, 0.2) is 0 Å². The number of aromatic nitrogens is 1. The number of nitrogens with one attached hydrogen (secondary N) is 1. The van der Waals surface area contributed by atoms with Crippen LogP contribution in [0.4, 0.5) is 4.39 Å². The van der Waals surface area contributed by atoms with E-state index in [1.807, 2.05) is 0 Å². The van der Waals surface area contributed by atoms with Crippen molar-refractivity contribution in [3.05, 3.63) is 54.0 Å². The van der Waals surface area contributed by atoms with Gasteiger partial charge in [-0.25, -0.2) is 9.37 Å². The van der Waals surface area contributed by atoms with Crippen molar-refractivity contribution in [2.45, 2.75) is 32.2 Å². The molecule has 1 amide bonds. The van der Waals surface area contributed by atoms with Gasteiger partial charge in [-0.15, -0.1) is 0 Å². The monoisotopic (exact) mass is 372 g/mol. The van der Waals surface area contributed by atoms with E-state index in [1.165, 1.54) is 12.1 Å². The number of ether oxygens (including phenoxy) is 1. The zero-order chi connectivity index (χ0) is 19.2. The van der Waals surface area contributed by atoms with Crippen molar-refractivity contribution in [2.24, 2.45) is 11.8 Å². The van der Waals surface area contributed by atoms with Crippen molar-refractivity contribution in [1.82, 2.24) is 10.3 Å². The van der Waals surface area contributed by atoms with Crippen LogP contribution in [-0.2, 0) is 16.1 Å². The number of carbonyl (C=O) groups excluding carboxylic acids is 1. The number of aliphatic carboxylic acids is 1. The van der Waals surface area contributed by atoms with Crippen LogP contribution in [0.25, 0.3) is 0 Å². The van der Waals surface area contributed by atoms with Crippen molar-refractivity contribution in [3.63, 3.8) is 0 Å². The molecule has 1 fully saturated rings. The van der Waals surface area contributed by atoms with Gasteiger partial charge >= 0.3 is 5.97 Å². The molecule has 1 aliphatic carbocycles. The molecular weight excluding hydrogens is 351 g/mol. The largest absolute Gasteiger partial charge is 0.481 e. The lowest BCUT2D eigenvalue weighted by Crippen LogP contribution is -2.34. The molecule has 0 radical (unpaired) electrons. The second kappa shape index (κ2) is 8.62. The zero-order valence-electron chi connectivity index (χ0n) is 14.7. The molecule has 0 saturated heterocycles. The maximum absolute atomic E-state index is 13.3. The Balaban J connectivity index is 1.58. The predicted molar refractivity (Wildman–Crippen MR) is 95.6 cm³/mol. The number of nitrogens with zero attached hydrogens (tertiary/aromatic N) is 1. The van der Waals surface area contributed by atoms with Crippen molar-refractivity contribution < 1.29 is 23.8 Å². The second-order valence-corrected chi connectivity index (χ2v) is 6.63. The topological polar surface area (TPSA) is 88.5 Å². The molecule has 0 atom stereocenters. The SMILES string of the molecule is O=C(O)C1CCC(C(=O)NCc2cccnc2Oc2cccc(F)c2)CC1. The van der Waals surface area contributed by atoms with Crippen LogP contribution in [-0.4, -0.2) is 22.0 Å². The molecule has 142 valence electrons. The fourth-order valence-corrected chi connectivity index (χ4v) is 3.22. The highest BCUT2D eigenvalue weighted by Gasteiger charge is 2.29. The standard InChI is InChI=1S/C20H21FN2O4/c21-16-4-1-5-17(11-16)27-19-15(3-2-10-22-19)12-23-18(24)13-6-8-14(9-7-13)20(25)26/h1-5,10-11,13-14H,6-9,12H2,(H,23,24)(H,25,26). The summed E-state index contributed by atoms with van der Waals surface area (Å²) in [6.07, 6.45) is 3.75. The summed E-state index contributed by atoms with van der Waals surface area (Å²) in [6.45, 7) is 0.232. The fourth-order valence-electron chi connectivity index (χ4n) is 3.22. The summed E-state index contributed by atoms with van der Waals surface area (Å²) in [5.74, 6) is -1.19. The average molecular weight is 372 g/mol. The van der Waals surface area contributed by atoms with Gasteiger partial charge in [0.25, 0.3) is 0 Å². The number of pyridine rings is 1. The Bertz CT molecular complexity index is 819. The maximum Gasteiger partial charge on any atom is 0.306 e. The van der Waals surface area contributed by atoms with Gasteiger partial charge < -0.3 is 15.2 Å². The Morgan fingerprint density at radius 2 is 1.89 bits per heavy atom. The van der Waals surface area contributed by atoms with Crippen LogP contribution in [0.3, 0.4) is 0 Å². The average Bonchev–Trinajstić information content (AvgIpc) is 2.67. The number of hydrogen-bond acceptors (Lipinski definition) is 4. The van der Waals surface area contributed by atoms with Crippen LogP contribution in [0.1, 0.15) is 31.2 Å². The van der Waals surface area contributed by atoms with Crippen molar-refractivity contribution in [1.29, 1.82) is 0 Å². The van der Waals surface area contributed by atoms with Gasteiger partial charge in [0.1, 0.15) is 11.6 Å². The summed E-state index contributed by atoms with van der Waals surface area (Å²) in [6, 6.07) is 9.27. The van der Waals surface area contributed by atoms with E-state index in [-0.39, 0.29) is 24.3 Å². The number of carbonyl (C=O) groups is 2. The smallest absolute Gasteiger partial charge is 0.306 e. The minimum atomic E-state index is -0.789. The normalized spacial score (nSPS) is 19.3. The highest BCUT2D eigenvalue weighted by atomic mass is 19.1. The van der Waals surface area contributed by atoms with Crippen LogP contribution in [0, 0.1) is 17.7 Å².